The normalized spacial score (nSPS) is 10.2. The molecule has 6 nitrogen and oxygen atoms in total. The van der Waals surface area contributed by atoms with Crippen LogP contribution in [0.1, 0.15) is 27.8 Å². The highest BCUT2D eigenvalue weighted by Gasteiger charge is 2.10. The summed E-state index contributed by atoms with van der Waals surface area (Å²) in [6.07, 6.45) is 1.49. The van der Waals surface area contributed by atoms with E-state index in [0.717, 1.165) is 0 Å². The minimum Gasteiger partial charge on any atom is -0.324 e. The Hall–Kier alpha value is -3.25. The lowest BCUT2D eigenvalue weighted by atomic mass is 10.1. The number of halogens is 1. The van der Waals surface area contributed by atoms with Crippen LogP contribution in [0.5, 0.6) is 0 Å². The summed E-state index contributed by atoms with van der Waals surface area (Å²) in [7, 11) is 0. The van der Waals surface area contributed by atoms with Gasteiger partial charge in [0.15, 0.2) is 5.78 Å². The monoisotopic (exact) mass is 366 g/mol. The Morgan fingerprint density at radius 1 is 1.00 bits per heavy atom. The predicted molar refractivity (Wildman–Crippen MR) is 101 cm³/mol. The molecule has 0 fully saturated rings. The molecule has 0 bridgehead atoms. The molecule has 3 aromatic rings. The number of nitrogens with zero attached hydrogens (tertiary/aromatic N) is 2. The van der Waals surface area contributed by atoms with E-state index in [4.69, 9.17) is 11.6 Å². The topological polar surface area (TPSA) is 84.0 Å². The average Bonchev–Trinajstić information content (AvgIpc) is 2.62. The van der Waals surface area contributed by atoms with Crippen molar-refractivity contribution >= 4 is 40.6 Å². The first kappa shape index (κ1) is 17.6. The fraction of sp³-hybridized carbons (Fsp3) is 0.0526. The van der Waals surface area contributed by atoms with Gasteiger partial charge in [0.1, 0.15) is 5.69 Å². The first-order valence-corrected chi connectivity index (χ1v) is 8.17. The maximum Gasteiger partial charge on any atom is 0.274 e. The molecule has 0 spiro atoms. The van der Waals surface area contributed by atoms with Crippen LogP contribution in [0.15, 0.2) is 60.8 Å². The number of aromatic nitrogens is 2. The number of amides is 1. The zero-order chi connectivity index (χ0) is 18.5. The molecule has 0 aliphatic carbocycles. The molecule has 7 heteroatoms. The Bertz CT molecular complexity index is 958. The van der Waals surface area contributed by atoms with Crippen LogP contribution >= 0.6 is 11.6 Å². The summed E-state index contributed by atoms with van der Waals surface area (Å²) in [5.41, 5.74) is 2.12. The summed E-state index contributed by atoms with van der Waals surface area (Å²) in [6, 6.07) is 15.3. The van der Waals surface area contributed by atoms with E-state index in [1.165, 1.54) is 19.2 Å². The minimum absolute atomic E-state index is 0.00696. The number of nitrogens with one attached hydrogen (secondary N) is 2. The SMILES string of the molecule is CC(=O)c1ccc(Nc2nccc(C(=O)Nc3cccc(Cl)c3)n2)cc1. The predicted octanol–water partition coefficient (Wildman–Crippen LogP) is 4.33. The van der Waals surface area contributed by atoms with Crippen molar-refractivity contribution < 1.29 is 9.59 Å². The Morgan fingerprint density at radius 3 is 2.46 bits per heavy atom. The van der Waals surface area contributed by atoms with Crippen molar-refractivity contribution in [3.05, 3.63) is 77.1 Å². The molecule has 0 atom stereocenters. The lowest BCUT2D eigenvalue weighted by Gasteiger charge is -2.08. The van der Waals surface area contributed by atoms with E-state index < -0.39 is 0 Å². The Balaban J connectivity index is 1.73. The molecule has 0 aliphatic heterocycles. The van der Waals surface area contributed by atoms with Crippen LogP contribution in [-0.2, 0) is 0 Å². The molecule has 3 rings (SSSR count). The Kier molecular flexibility index (Phi) is 5.24. The number of rotatable bonds is 5. The highest BCUT2D eigenvalue weighted by molar-refractivity contribution is 6.30. The van der Waals surface area contributed by atoms with Gasteiger partial charge in [-0.25, -0.2) is 9.97 Å². The van der Waals surface area contributed by atoms with E-state index in [1.54, 1.807) is 48.5 Å². The fourth-order valence-electron chi connectivity index (χ4n) is 2.22. The van der Waals surface area contributed by atoms with E-state index in [-0.39, 0.29) is 23.3 Å². The molecular formula is C19H15ClN4O2. The summed E-state index contributed by atoms with van der Waals surface area (Å²) in [6.45, 7) is 1.51. The van der Waals surface area contributed by atoms with Crippen molar-refractivity contribution in [1.82, 2.24) is 9.97 Å². The lowest BCUT2D eigenvalue weighted by molar-refractivity contribution is 0.101. The Labute approximate surface area is 155 Å². The molecule has 0 aliphatic rings. The smallest absolute Gasteiger partial charge is 0.274 e. The van der Waals surface area contributed by atoms with Gasteiger partial charge in [-0.05, 0) is 55.5 Å². The molecule has 2 aromatic carbocycles. The summed E-state index contributed by atoms with van der Waals surface area (Å²) in [4.78, 5) is 32.0. The number of hydrogen-bond donors (Lipinski definition) is 2. The molecule has 0 saturated carbocycles. The third-order valence-electron chi connectivity index (χ3n) is 3.52. The number of benzene rings is 2. The molecule has 1 heterocycles. The number of hydrogen-bond acceptors (Lipinski definition) is 5. The second-order valence-electron chi connectivity index (χ2n) is 5.49. The van der Waals surface area contributed by atoms with Gasteiger partial charge in [-0.1, -0.05) is 17.7 Å². The van der Waals surface area contributed by atoms with Crippen LogP contribution < -0.4 is 10.6 Å². The van der Waals surface area contributed by atoms with Crippen molar-refractivity contribution in [2.45, 2.75) is 6.92 Å². The van der Waals surface area contributed by atoms with E-state index in [1.807, 2.05) is 0 Å². The summed E-state index contributed by atoms with van der Waals surface area (Å²) >= 11 is 5.91. The maximum absolute atomic E-state index is 12.3. The Morgan fingerprint density at radius 2 is 1.77 bits per heavy atom. The van der Waals surface area contributed by atoms with Crippen molar-refractivity contribution in [3.63, 3.8) is 0 Å². The number of carbonyl (C=O) groups is 2. The number of anilines is 3. The third-order valence-corrected chi connectivity index (χ3v) is 3.75. The zero-order valence-electron chi connectivity index (χ0n) is 13.9. The molecule has 0 radical (unpaired) electrons. The molecular weight excluding hydrogens is 352 g/mol. The molecule has 130 valence electrons. The highest BCUT2D eigenvalue weighted by atomic mass is 35.5. The zero-order valence-corrected chi connectivity index (χ0v) is 14.6. The third kappa shape index (κ3) is 4.43. The average molecular weight is 367 g/mol. The van der Waals surface area contributed by atoms with Gasteiger partial charge >= 0.3 is 0 Å². The summed E-state index contributed by atoms with van der Waals surface area (Å²) in [5, 5.41) is 6.26. The molecule has 1 aromatic heterocycles. The van der Waals surface area contributed by atoms with Gasteiger partial charge in [-0.15, -0.1) is 0 Å². The van der Waals surface area contributed by atoms with Crippen LogP contribution in [0.3, 0.4) is 0 Å². The first-order chi connectivity index (χ1) is 12.5. The highest BCUT2D eigenvalue weighted by Crippen LogP contribution is 2.17. The summed E-state index contributed by atoms with van der Waals surface area (Å²) < 4.78 is 0. The van der Waals surface area contributed by atoms with Crippen LogP contribution in [0.2, 0.25) is 5.02 Å². The van der Waals surface area contributed by atoms with Crippen molar-refractivity contribution in [1.29, 1.82) is 0 Å². The number of carbonyl (C=O) groups excluding carboxylic acids is 2. The fourth-order valence-corrected chi connectivity index (χ4v) is 2.41. The summed E-state index contributed by atoms with van der Waals surface area (Å²) in [5.74, 6) is -0.101. The van der Waals surface area contributed by atoms with Crippen molar-refractivity contribution in [3.8, 4) is 0 Å². The van der Waals surface area contributed by atoms with Crippen LogP contribution in [0, 0.1) is 0 Å². The second kappa shape index (κ2) is 7.76. The quantitative estimate of drug-likeness (QED) is 0.656. The van der Waals surface area contributed by atoms with E-state index in [9.17, 15) is 9.59 Å². The van der Waals surface area contributed by atoms with E-state index in [0.29, 0.717) is 22.0 Å². The van der Waals surface area contributed by atoms with Gasteiger partial charge < -0.3 is 10.6 Å². The van der Waals surface area contributed by atoms with Gasteiger partial charge in [-0.2, -0.15) is 0 Å². The van der Waals surface area contributed by atoms with Gasteiger partial charge in [0.05, 0.1) is 0 Å². The minimum atomic E-state index is -0.371. The van der Waals surface area contributed by atoms with E-state index >= 15 is 0 Å². The van der Waals surface area contributed by atoms with Crippen LogP contribution in [-0.4, -0.2) is 21.7 Å². The molecule has 1 amide bonds. The van der Waals surface area contributed by atoms with Crippen LogP contribution in [0.25, 0.3) is 0 Å². The van der Waals surface area contributed by atoms with Gasteiger partial charge in [-0.3, -0.25) is 9.59 Å². The molecule has 2 N–H and O–H groups in total. The van der Waals surface area contributed by atoms with Crippen molar-refractivity contribution in [2.75, 3.05) is 10.6 Å². The molecule has 0 saturated heterocycles. The standard InChI is InChI=1S/C19H15ClN4O2/c1-12(25)13-5-7-15(8-6-13)23-19-21-10-9-17(24-19)18(26)22-16-4-2-3-14(20)11-16/h2-11H,1H3,(H,22,26)(H,21,23,24). The number of Topliss-reactive ketones (excluding diaryl/α,β-unsaturated/α-hetero) is 1. The largest absolute Gasteiger partial charge is 0.324 e. The molecule has 0 unspecified atom stereocenters. The van der Waals surface area contributed by atoms with Gasteiger partial charge in [0, 0.05) is 28.2 Å². The van der Waals surface area contributed by atoms with Gasteiger partial charge in [0.2, 0.25) is 5.95 Å². The van der Waals surface area contributed by atoms with Gasteiger partial charge in [0.25, 0.3) is 5.91 Å². The van der Waals surface area contributed by atoms with E-state index in [2.05, 4.69) is 20.6 Å². The number of ketones is 1. The van der Waals surface area contributed by atoms with Crippen LogP contribution in [0.4, 0.5) is 17.3 Å². The maximum atomic E-state index is 12.3. The van der Waals surface area contributed by atoms with Crippen molar-refractivity contribution in [2.24, 2.45) is 0 Å². The lowest BCUT2D eigenvalue weighted by Crippen LogP contribution is -2.14. The second-order valence-corrected chi connectivity index (χ2v) is 5.92. The molecule has 26 heavy (non-hydrogen) atoms. The first-order valence-electron chi connectivity index (χ1n) is 7.79.